The summed E-state index contributed by atoms with van der Waals surface area (Å²) in [5, 5.41) is 3.35. The number of benzene rings is 1. The van der Waals surface area contributed by atoms with Crippen LogP contribution in [-0.4, -0.2) is 38.8 Å². The van der Waals surface area contributed by atoms with Crippen LogP contribution < -0.4 is 10.2 Å². The lowest BCUT2D eigenvalue weighted by atomic mass is 9.87. The van der Waals surface area contributed by atoms with E-state index < -0.39 is 0 Å². The van der Waals surface area contributed by atoms with Gasteiger partial charge in [-0.05, 0) is 63.7 Å². The number of ether oxygens (including phenoxy) is 1. The molecule has 1 N–H and O–H groups in total. The molecule has 2 aliphatic rings. The zero-order valence-electron chi connectivity index (χ0n) is 14.4. The molecule has 1 aromatic rings. The van der Waals surface area contributed by atoms with Gasteiger partial charge in [0.05, 0.1) is 12.5 Å². The van der Waals surface area contributed by atoms with Crippen LogP contribution in [0, 0.1) is 11.7 Å². The van der Waals surface area contributed by atoms with Gasteiger partial charge in [-0.3, -0.25) is 4.79 Å². The highest BCUT2D eigenvalue weighted by Crippen LogP contribution is 2.36. The average Bonchev–Trinajstić information content (AvgIpc) is 2.62. The van der Waals surface area contributed by atoms with Gasteiger partial charge in [-0.2, -0.15) is 0 Å². The summed E-state index contributed by atoms with van der Waals surface area (Å²) in [6.45, 7) is 5.73. The van der Waals surface area contributed by atoms with Crippen LogP contribution in [-0.2, 0) is 9.53 Å². The Labute approximate surface area is 150 Å². The summed E-state index contributed by atoms with van der Waals surface area (Å²) < 4.78 is 19.7. The molecule has 0 radical (unpaired) electrons. The van der Waals surface area contributed by atoms with E-state index >= 15 is 0 Å². The van der Waals surface area contributed by atoms with Crippen molar-refractivity contribution in [1.29, 1.82) is 0 Å². The van der Waals surface area contributed by atoms with Crippen LogP contribution in [0.2, 0.25) is 0 Å². The first-order chi connectivity index (χ1) is 11.7. The van der Waals surface area contributed by atoms with Gasteiger partial charge in [-0.1, -0.05) is 13.5 Å². The summed E-state index contributed by atoms with van der Waals surface area (Å²) in [5.41, 5.74) is 1.89. The van der Waals surface area contributed by atoms with E-state index in [4.69, 9.17) is 4.74 Å². The van der Waals surface area contributed by atoms with E-state index in [2.05, 4.69) is 10.2 Å². The molecule has 0 spiro atoms. The fraction of sp³-hybridized carbons (Fsp3) is 0.650. The minimum Gasteiger partial charge on any atom is -0.466 e. The van der Waals surface area contributed by atoms with Crippen LogP contribution in [0.25, 0.3) is 0 Å². The molecule has 4 nitrogen and oxygen atoms in total. The summed E-state index contributed by atoms with van der Waals surface area (Å²) in [6.07, 6.45) is 3.52. The number of carbonyl (C=O) groups excluding carboxylic acids is 1. The lowest BCUT2D eigenvalue weighted by molar-refractivity contribution is -0.148. The smallest absolute Gasteiger partial charge is 0.309 e. The van der Waals surface area contributed by atoms with Crippen molar-refractivity contribution in [3.8, 4) is 0 Å². The summed E-state index contributed by atoms with van der Waals surface area (Å²) >= 11 is 0. The topological polar surface area (TPSA) is 41.6 Å². The second-order valence-electron chi connectivity index (χ2n) is 6.71. The zero-order chi connectivity index (χ0) is 16.9. The van der Waals surface area contributed by atoms with Gasteiger partial charge in [-0.15, -0.1) is 0 Å². The summed E-state index contributed by atoms with van der Waals surface area (Å²) in [6, 6.07) is 5.41. The minimum absolute atomic E-state index is 0. The Kier molecular flexibility index (Phi) is 7.24. The van der Waals surface area contributed by atoms with E-state index in [1.165, 1.54) is 0 Å². The van der Waals surface area contributed by atoms with E-state index in [0.29, 0.717) is 6.61 Å². The fourth-order valence-electron chi connectivity index (χ4n) is 3.93. The van der Waals surface area contributed by atoms with Crippen LogP contribution in [0.5, 0.6) is 0 Å². The maximum atomic E-state index is 14.6. The van der Waals surface area contributed by atoms with Crippen molar-refractivity contribution in [3.05, 3.63) is 29.6 Å². The van der Waals surface area contributed by atoms with Gasteiger partial charge in [0.2, 0.25) is 0 Å². The number of carbonyl (C=O) groups is 1. The Hall–Kier alpha value is -1.62. The molecule has 0 bridgehead atoms. The van der Waals surface area contributed by atoms with E-state index in [0.717, 1.165) is 63.1 Å². The number of esters is 1. The number of piperidine rings is 2. The van der Waals surface area contributed by atoms with Crippen molar-refractivity contribution in [1.82, 2.24) is 5.32 Å². The summed E-state index contributed by atoms with van der Waals surface area (Å²) in [5.74, 6) is 0.0872. The standard InChI is InChI=1S/C19H27FN2O2.CH4/c1-2-24-19(23)15-8-12-22(13-9-15)17-5-3-4-16(20)18(17)14-6-10-21-11-7-14;/h3-5,14-15,21H,2,6-13H2,1H3;1H4. The highest BCUT2D eigenvalue weighted by Gasteiger charge is 2.29. The zero-order valence-corrected chi connectivity index (χ0v) is 14.4. The maximum Gasteiger partial charge on any atom is 0.309 e. The molecule has 2 fully saturated rings. The lowest BCUT2D eigenvalue weighted by Crippen LogP contribution is -2.38. The number of nitrogens with one attached hydrogen (secondary N) is 1. The van der Waals surface area contributed by atoms with Crippen LogP contribution in [0.15, 0.2) is 18.2 Å². The Bertz CT molecular complexity index is 565. The second kappa shape index (κ2) is 9.18. The molecule has 0 amide bonds. The first kappa shape index (κ1) is 19.7. The molecule has 1 aromatic carbocycles. The van der Waals surface area contributed by atoms with Gasteiger partial charge in [0.1, 0.15) is 5.82 Å². The largest absolute Gasteiger partial charge is 0.466 e. The highest BCUT2D eigenvalue weighted by molar-refractivity contribution is 5.73. The van der Waals surface area contributed by atoms with Crippen molar-refractivity contribution >= 4 is 11.7 Å². The normalized spacial score (nSPS) is 19.4. The van der Waals surface area contributed by atoms with E-state index in [1.54, 1.807) is 12.1 Å². The Balaban J connectivity index is 0.00000225. The van der Waals surface area contributed by atoms with Crippen LogP contribution >= 0.6 is 0 Å². The van der Waals surface area contributed by atoms with E-state index in [-0.39, 0.29) is 31.0 Å². The van der Waals surface area contributed by atoms with Crippen molar-refractivity contribution < 1.29 is 13.9 Å². The number of hydrogen-bond donors (Lipinski definition) is 1. The molecule has 0 aromatic heterocycles. The summed E-state index contributed by atoms with van der Waals surface area (Å²) in [4.78, 5) is 14.1. The number of anilines is 1. The molecule has 25 heavy (non-hydrogen) atoms. The van der Waals surface area contributed by atoms with Crippen molar-refractivity contribution in [2.45, 2.75) is 46.0 Å². The first-order valence-electron chi connectivity index (χ1n) is 9.11. The van der Waals surface area contributed by atoms with Gasteiger partial charge in [-0.25, -0.2) is 4.39 Å². The van der Waals surface area contributed by atoms with Gasteiger partial charge < -0.3 is 15.0 Å². The quantitative estimate of drug-likeness (QED) is 0.841. The maximum absolute atomic E-state index is 14.6. The molecule has 0 atom stereocenters. The number of rotatable bonds is 4. The Morgan fingerprint density at radius 1 is 1.24 bits per heavy atom. The van der Waals surface area contributed by atoms with Crippen molar-refractivity contribution in [3.63, 3.8) is 0 Å². The first-order valence-corrected chi connectivity index (χ1v) is 9.11. The third-order valence-corrected chi connectivity index (χ3v) is 5.23. The highest BCUT2D eigenvalue weighted by atomic mass is 19.1. The fourth-order valence-corrected chi connectivity index (χ4v) is 3.93. The Morgan fingerprint density at radius 2 is 1.92 bits per heavy atom. The second-order valence-corrected chi connectivity index (χ2v) is 6.71. The molecule has 140 valence electrons. The van der Waals surface area contributed by atoms with Gasteiger partial charge in [0, 0.05) is 24.3 Å². The number of hydrogen-bond acceptors (Lipinski definition) is 4. The molecule has 5 heteroatoms. The molecule has 0 unspecified atom stereocenters. The number of halogens is 1. The van der Waals surface area contributed by atoms with E-state index in [1.807, 2.05) is 13.0 Å². The van der Waals surface area contributed by atoms with Crippen LogP contribution in [0.4, 0.5) is 10.1 Å². The molecule has 0 aliphatic carbocycles. The molecule has 3 rings (SSSR count). The van der Waals surface area contributed by atoms with E-state index in [9.17, 15) is 9.18 Å². The van der Waals surface area contributed by atoms with Gasteiger partial charge in [0.15, 0.2) is 0 Å². The minimum atomic E-state index is -0.0908. The Morgan fingerprint density at radius 3 is 2.56 bits per heavy atom. The predicted molar refractivity (Wildman–Crippen MR) is 99.5 cm³/mol. The van der Waals surface area contributed by atoms with Crippen molar-refractivity contribution in [2.75, 3.05) is 37.7 Å². The molecular weight excluding hydrogens is 319 g/mol. The van der Waals surface area contributed by atoms with Gasteiger partial charge >= 0.3 is 5.97 Å². The van der Waals surface area contributed by atoms with Gasteiger partial charge in [0.25, 0.3) is 0 Å². The molecular formula is C20H31FN2O2. The third-order valence-electron chi connectivity index (χ3n) is 5.23. The molecule has 2 heterocycles. The third kappa shape index (κ3) is 4.51. The summed E-state index contributed by atoms with van der Waals surface area (Å²) in [7, 11) is 0. The predicted octanol–water partition coefficient (Wildman–Crippen LogP) is 3.71. The SMILES string of the molecule is C.CCOC(=O)C1CCN(c2cccc(F)c2C2CCNCC2)CC1. The number of nitrogens with zero attached hydrogens (tertiary/aromatic N) is 1. The monoisotopic (exact) mass is 350 g/mol. The average molecular weight is 350 g/mol. The molecule has 2 saturated heterocycles. The van der Waals surface area contributed by atoms with Crippen molar-refractivity contribution in [2.24, 2.45) is 5.92 Å². The molecule has 0 saturated carbocycles. The lowest BCUT2D eigenvalue weighted by Gasteiger charge is -2.36. The van der Waals surface area contributed by atoms with Crippen LogP contribution in [0.1, 0.15) is 51.5 Å². The molecule has 2 aliphatic heterocycles. The van der Waals surface area contributed by atoms with Crippen LogP contribution in [0.3, 0.4) is 0 Å².